The van der Waals surface area contributed by atoms with E-state index < -0.39 is 0 Å². The number of aromatic nitrogens is 1. The van der Waals surface area contributed by atoms with Gasteiger partial charge in [-0.3, -0.25) is 4.79 Å². The number of amides is 1. The number of H-pyrrole nitrogens is 1. The molecule has 0 aliphatic carbocycles. The van der Waals surface area contributed by atoms with E-state index in [0.29, 0.717) is 0 Å². The molecule has 25 heavy (non-hydrogen) atoms. The molecule has 128 valence electrons. The lowest BCUT2D eigenvalue weighted by Crippen LogP contribution is -2.26. The molecule has 0 aliphatic rings. The Labute approximate surface area is 147 Å². The highest BCUT2D eigenvalue weighted by Gasteiger charge is 2.06. The zero-order chi connectivity index (χ0) is 17.8. The van der Waals surface area contributed by atoms with Crippen LogP contribution in [0.4, 0.5) is 5.69 Å². The van der Waals surface area contributed by atoms with E-state index in [4.69, 9.17) is 0 Å². The topological polar surface area (TPSA) is 69.3 Å². The molecule has 3 rings (SSSR count). The molecule has 0 bridgehead atoms. The third-order valence-electron chi connectivity index (χ3n) is 4.15. The summed E-state index contributed by atoms with van der Waals surface area (Å²) in [6, 6.07) is 14.1. The van der Waals surface area contributed by atoms with Gasteiger partial charge in [-0.15, -0.1) is 0 Å². The first kappa shape index (κ1) is 16.8. The van der Waals surface area contributed by atoms with Gasteiger partial charge < -0.3 is 10.3 Å². The second-order valence-corrected chi connectivity index (χ2v) is 6.17. The van der Waals surface area contributed by atoms with Gasteiger partial charge in [-0.25, -0.2) is 5.43 Å². The molecule has 1 aromatic heterocycles. The maximum Gasteiger partial charge on any atom is 0.259 e. The predicted octanol–water partition coefficient (Wildman–Crippen LogP) is 3.66. The van der Waals surface area contributed by atoms with Crippen molar-refractivity contribution in [1.29, 1.82) is 0 Å². The summed E-state index contributed by atoms with van der Waals surface area (Å²) >= 11 is 0. The monoisotopic (exact) mass is 334 g/mol. The number of hydrazone groups is 1. The van der Waals surface area contributed by atoms with E-state index in [1.807, 2.05) is 57.2 Å². The lowest BCUT2D eigenvalue weighted by atomic mass is 10.1. The summed E-state index contributed by atoms with van der Waals surface area (Å²) in [6.07, 6.45) is 1.68. The number of hydrogen-bond acceptors (Lipinski definition) is 3. The fourth-order valence-electron chi connectivity index (χ4n) is 2.86. The van der Waals surface area contributed by atoms with Crippen molar-refractivity contribution in [2.45, 2.75) is 20.8 Å². The number of anilines is 1. The van der Waals surface area contributed by atoms with E-state index in [0.717, 1.165) is 33.4 Å². The van der Waals surface area contributed by atoms with Crippen LogP contribution in [0.5, 0.6) is 0 Å². The first-order valence-electron chi connectivity index (χ1n) is 8.25. The molecule has 0 aliphatic heterocycles. The standard InChI is InChI=1S/C20H22N4O/c1-13-8-9-18(14(2)10-13)21-12-20(25)24-22-11-17-15(3)23-19-7-5-4-6-16(17)19/h4-11,21,23H,12H2,1-3H3,(H,24,25)/b22-11-. The molecule has 0 spiro atoms. The van der Waals surface area contributed by atoms with Crippen LogP contribution in [0.15, 0.2) is 47.6 Å². The number of hydrogen-bond donors (Lipinski definition) is 3. The molecule has 0 saturated heterocycles. The SMILES string of the molecule is Cc1ccc(NCC(=O)N/N=C\c2c(C)[nH]c3ccccc23)c(C)c1. The minimum absolute atomic E-state index is 0.175. The number of fused-ring (bicyclic) bond motifs is 1. The molecular weight excluding hydrogens is 312 g/mol. The van der Waals surface area contributed by atoms with Gasteiger partial charge in [-0.2, -0.15) is 5.10 Å². The van der Waals surface area contributed by atoms with Gasteiger partial charge in [0.15, 0.2) is 0 Å². The van der Waals surface area contributed by atoms with Crippen molar-refractivity contribution in [3.05, 3.63) is 64.8 Å². The average Bonchev–Trinajstić information content (AvgIpc) is 2.90. The van der Waals surface area contributed by atoms with Crippen LogP contribution in [0.3, 0.4) is 0 Å². The van der Waals surface area contributed by atoms with Crippen molar-refractivity contribution >= 4 is 28.7 Å². The van der Waals surface area contributed by atoms with Crippen LogP contribution in [-0.2, 0) is 4.79 Å². The van der Waals surface area contributed by atoms with E-state index >= 15 is 0 Å². The van der Waals surface area contributed by atoms with Crippen molar-refractivity contribution in [1.82, 2.24) is 10.4 Å². The number of aryl methyl sites for hydroxylation is 3. The molecule has 0 saturated carbocycles. The summed E-state index contributed by atoms with van der Waals surface area (Å²) in [5.41, 5.74) is 8.91. The fraction of sp³-hybridized carbons (Fsp3) is 0.200. The Hall–Kier alpha value is -3.08. The Morgan fingerprint density at radius 3 is 2.76 bits per heavy atom. The van der Waals surface area contributed by atoms with Gasteiger partial charge in [0, 0.05) is 27.8 Å². The van der Waals surface area contributed by atoms with Gasteiger partial charge in [0.25, 0.3) is 5.91 Å². The second-order valence-electron chi connectivity index (χ2n) is 6.17. The fourth-order valence-corrected chi connectivity index (χ4v) is 2.86. The first-order valence-corrected chi connectivity index (χ1v) is 8.25. The summed E-state index contributed by atoms with van der Waals surface area (Å²) in [6.45, 7) is 6.23. The third kappa shape index (κ3) is 3.88. The van der Waals surface area contributed by atoms with Crippen LogP contribution in [0, 0.1) is 20.8 Å². The Bertz CT molecular complexity index is 940. The zero-order valence-corrected chi connectivity index (χ0v) is 14.7. The van der Waals surface area contributed by atoms with Crippen molar-refractivity contribution < 1.29 is 4.79 Å². The van der Waals surface area contributed by atoms with E-state index in [-0.39, 0.29) is 12.5 Å². The molecule has 0 radical (unpaired) electrons. The molecule has 1 amide bonds. The van der Waals surface area contributed by atoms with Crippen LogP contribution in [-0.4, -0.2) is 23.7 Å². The molecule has 0 unspecified atom stereocenters. The highest BCUT2D eigenvalue weighted by Crippen LogP contribution is 2.19. The molecule has 0 fully saturated rings. The van der Waals surface area contributed by atoms with E-state index in [9.17, 15) is 4.79 Å². The van der Waals surface area contributed by atoms with Crippen LogP contribution in [0.2, 0.25) is 0 Å². The van der Waals surface area contributed by atoms with Gasteiger partial charge in [0.2, 0.25) is 0 Å². The quantitative estimate of drug-likeness (QED) is 0.492. The van der Waals surface area contributed by atoms with Crippen molar-refractivity contribution in [3.63, 3.8) is 0 Å². The summed E-state index contributed by atoms with van der Waals surface area (Å²) in [4.78, 5) is 15.3. The minimum atomic E-state index is -0.186. The molecule has 0 atom stereocenters. The highest BCUT2D eigenvalue weighted by atomic mass is 16.2. The van der Waals surface area contributed by atoms with Crippen molar-refractivity contribution in [2.75, 3.05) is 11.9 Å². The lowest BCUT2D eigenvalue weighted by molar-refractivity contribution is -0.119. The molecule has 1 heterocycles. The summed E-state index contributed by atoms with van der Waals surface area (Å²) in [7, 11) is 0. The molecule has 5 nitrogen and oxygen atoms in total. The normalized spacial score (nSPS) is 11.2. The number of para-hydroxylation sites is 1. The van der Waals surface area contributed by atoms with E-state index in [1.165, 1.54) is 5.56 Å². The number of aromatic amines is 1. The Morgan fingerprint density at radius 2 is 1.96 bits per heavy atom. The van der Waals surface area contributed by atoms with Gasteiger partial charge in [0.1, 0.15) is 0 Å². The first-order chi connectivity index (χ1) is 12.0. The van der Waals surface area contributed by atoms with E-state index in [1.54, 1.807) is 6.21 Å². The maximum absolute atomic E-state index is 12.0. The van der Waals surface area contributed by atoms with Crippen molar-refractivity contribution in [3.8, 4) is 0 Å². The number of carbonyl (C=O) groups is 1. The van der Waals surface area contributed by atoms with Gasteiger partial charge >= 0.3 is 0 Å². The number of nitrogens with zero attached hydrogens (tertiary/aromatic N) is 1. The summed E-state index contributed by atoms with van der Waals surface area (Å²) in [5, 5.41) is 8.31. The zero-order valence-electron chi connectivity index (χ0n) is 14.7. The molecular formula is C20H22N4O. The largest absolute Gasteiger partial charge is 0.376 e. The number of nitrogens with one attached hydrogen (secondary N) is 3. The second kappa shape index (κ2) is 7.21. The van der Waals surface area contributed by atoms with Crippen LogP contribution >= 0.6 is 0 Å². The maximum atomic E-state index is 12.0. The van der Waals surface area contributed by atoms with E-state index in [2.05, 4.69) is 26.9 Å². The third-order valence-corrected chi connectivity index (χ3v) is 4.15. The van der Waals surface area contributed by atoms with Crippen LogP contribution in [0.25, 0.3) is 10.9 Å². The summed E-state index contributed by atoms with van der Waals surface area (Å²) < 4.78 is 0. The number of benzene rings is 2. The highest BCUT2D eigenvalue weighted by molar-refractivity contribution is 6.00. The molecule has 2 aromatic carbocycles. The Kier molecular flexibility index (Phi) is 4.84. The minimum Gasteiger partial charge on any atom is -0.376 e. The Morgan fingerprint density at radius 1 is 1.16 bits per heavy atom. The smallest absolute Gasteiger partial charge is 0.259 e. The van der Waals surface area contributed by atoms with Gasteiger partial charge in [-0.1, -0.05) is 35.9 Å². The number of carbonyl (C=O) groups excluding carboxylic acids is 1. The van der Waals surface area contributed by atoms with Crippen LogP contribution < -0.4 is 10.7 Å². The van der Waals surface area contributed by atoms with Gasteiger partial charge in [-0.05, 0) is 38.5 Å². The molecule has 3 aromatic rings. The molecule has 5 heteroatoms. The summed E-state index contributed by atoms with van der Waals surface area (Å²) in [5.74, 6) is -0.186. The van der Waals surface area contributed by atoms with Crippen molar-refractivity contribution in [2.24, 2.45) is 5.10 Å². The lowest BCUT2D eigenvalue weighted by Gasteiger charge is -2.09. The Balaban J connectivity index is 1.60. The predicted molar refractivity (Wildman–Crippen MR) is 103 cm³/mol. The van der Waals surface area contributed by atoms with Gasteiger partial charge in [0.05, 0.1) is 12.8 Å². The molecule has 3 N–H and O–H groups in total. The number of rotatable bonds is 5. The average molecular weight is 334 g/mol. The van der Waals surface area contributed by atoms with Crippen LogP contribution in [0.1, 0.15) is 22.4 Å².